The van der Waals surface area contributed by atoms with Crippen molar-refractivity contribution < 1.29 is 19.1 Å². The number of amides is 2. The molecule has 6 nitrogen and oxygen atoms in total. The first kappa shape index (κ1) is 20.2. The van der Waals surface area contributed by atoms with Crippen LogP contribution in [0, 0.1) is 5.92 Å². The van der Waals surface area contributed by atoms with Gasteiger partial charge in [0.1, 0.15) is 12.6 Å². The molecule has 0 unspecified atom stereocenters. The van der Waals surface area contributed by atoms with Crippen LogP contribution in [-0.2, 0) is 14.3 Å². The molecular weight excluding hydrogens is 344 g/mol. The van der Waals surface area contributed by atoms with E-state index in [1.165, 1.54) is 12.0 Å². The third kappa shape index (κ3) is 5.41. The molecule has 0 radical (unpaired) electrons. The number of carbonyl (C=O) groups is 3. The molecule has 2 amide bonds. The highest BCUT2D eigenvalue weighted by Gasteiger charge is 2.31. The SMILES string of the molecule is COC(=O)CN(C(=O)[C@@H](NC(=O)c1ccccc1)C(C)C)c1ccccc1. The summed E-state index contributed by atoms with van der Waals surface area (Å²) in [5.74, 6) is -1.42. The Hall–Kier alpha value is -3.15. The van der Waals surface area contributed by atoms with Gasteiger partial charge in [-0.2, -0.15) is 0 Å². The first-order valence-electron chi connectivity index (χ1n) is 8.73. The highest BCUT2D eigenvalue weighted by molar-refractivity contribution is 6.04. The van der Waals surface area contributed by atoms with Crippen LogP contribution in [0.1, 0.15) is 24.2 Å². The summed E-state index contributed by atoms with van der Waals surface area (Å²) in [6.45, 7) is 3.45. The molecular formula is C21H24N2O4. The van der Waals surface area contributed by atoms with Crippen LogP contribution >= 0.6 is 0 Å². The lowest BCUT2D eigenvalue weighted by atomic mass is 10.0. The number of benzene rings is 2. The van der Waals surface area contributed by atoms with Crippen molar-refractivity contribution in [1.29, 1.82) is 0 Å². The lowest BCUT2D eigenvalue weighted by molar-refractivity contribution is -0.140. The first-order chi connectivity index (χ1) is 12.9. The number of methoxy groups -OCH3 is 1. The van der Waals surface area contributed by atoms with Crippen LogP contribution < -0.4 is 10.2 Å². The molecule has 2 aromatic carbocycles. The second-order valence-electron chi connectivity index (χ2n) is 6.40. The molecule has 0 aliphatic carbocycles. The number of para-hydroxylation sites is 1. The molecule has 0 aliphatic heterocycles. The fourth-order valence-electron chi connectivity index (χ4n) is 2.59. The van der Waals surface area contributed by atoms with Crippen LogP contribution in [0.5, 0.6) is 0 Å². The van der Waals surface area contributed by atoms with Gasteiger partial charge < -0.3 is 10.1 Å². The maximum Gasteiger partial charge on any atom is 0.325 e. The van der Waals surface area contributed by atoms with Crippen LogP contribution in [0.15, 0.2) is 60.7 Å². The van der Waals surface area contributed by atoms with Gasteiger partial charge in [0.25, 0.3) is 5.91 Å². The molecule has 0 heterocycles. The second-order valence-corrected chi connectivity index (χ2v) is 6.40. The van der Waals surface area contributed by atoms with Crippen molar-refractivity contribution >= 4 is 23.5 Å². The third-order valence-corrected chi connectivity index (χ3v) is 4.10. The Morgan fingerprint density at radius 3 is 2.04 bits per heavy atom. The maximum absolute atomic E-state index is 13.2. The van der Waals surface area contributed by atoms with Gasteiger partial charge >= 0.3 is 5.97 Å². The number of hydrogen-bond acceptors (Lipinski definition) is 4. The second kappa shape index (κ2) is 9.52. The Kier molecular flexibility index (Phi) is 7.11. The Bertz CT molecular complexity index is 775. The monoisotopic (exact) mass is 368 g/mol. The molecule has 0 aliphatic rings. The van der Waals surface area contributed by atoms with E-state index in [2.05, 4.69) is 5.32 Å². The zero-order valence-electron chi connectivity index (χ0n) is 15.7. The van der Waals surface area contributed by atoms with Gasteiger partial charge in [0.15, 0.2) is 0 Å². The summed E-state index contributed by atoms with van der Waals surface area (Å²) < 4.78 is 4.72. The molecule has 0 aromatic heterocycles. The van der Waals surface area contributed by atoms with Crippen LogP contribution in [-0.4, -0.2) is 37.5 Å². The molecule has 0 spiro atoms. The van der Waals surface area contributed by atoms with Crippen molar-refractivity contribution in [3.63, 3.8) is 0 Å². The third-order valence-electron chi connectivity index (χ3n) is 4.10. The van der Waals surface area contributed by atoms with Crippen molar-refractivity contribution in [2.75, 3.05) is 18.6 Å². The molecule has 142 valence electrons. The van der Waals surface area contributed by atoms with Crippen LogP contribution in [0.2, 0.25) is 0 Å². The van der Waals surface area contributed by atoms with Gasteiger partial charge in [-0.1, -0.05) is 50.2 Å². The summed E-state index contributed by atoms with van der Waals surface area (Å²) in [4.78, 5) is 38.9. The predicted molar refractivity (Wildman–Crippen MR) is 103 cm³/mol. The van der Waals surface area contributed by atoms with E-state index in [1.807, 2.05) is 26.0 Å². The number of anilines is 1. The van der Waals surface area contributed by atoms with E-state index in [9.17, 15) is 14.4 Å². The minimum absolute atomic E-state index is 0.172. The number of esters is 1. The van der Waals surface area contributed by atoms with E-state index < -0.39 is 12.0 Å². The molecule has 27 heavy (non-hydrogen) atoms. The molecule has 2 aromatic rings. The van der Waals surface area contributed by atoms with Crippen molar-refractivity contribution in [3.8, 4) is 0 Å². The number of rotatable bonds is 7. The van der Waals surface area contributed by atoms with Gasteiger partial charge in [-0.3, -0.25) is 19.3 Å². The van der Waals surface area contributed by atoms with Gasteiger partial charge in [0.05, 0.1) is 7.11 Å². The van der Waals surface area contributed by atoms with E-state index in [0.29, 0.717) is 11.3 Å². The van der Waals surface area contributed by atoms with Gasteiger partial charge in [-0.25, -0.2) is 0 Å². The lowest BCUT2D eigenvalue weighted by Crippen LogP contribution is -2.52. The molecule has 0 fully saturated rings. The van der Waals surface area contributed by atoms with E-state index in [0.717, 1.165) is 0 Å². The normalized spacial score (nSPS) is 11.6. The van der Waals surface area contributed by atoms with Gasteiger partial charge in [-0.05, 0) is 30.2 Å². The summed E-state index contributed by atoms with van der Waals surface area (Å²) in [6.07, 6.45) is 0. The first-order valence-corrected chi connectivity index (χ1v) is 8.73. The Labute approximate surface area is 159 Å². The predicted octanol–water partition coefficient (Wildman–Crippen LogP) is 2.65. The average molecular weight is 368 g/mol. The van der Waals surface area contributed by atoms with Gasteiger partial charge in [-0.15, -0.1) is 0 Å². The summed E-state index contributed by atoms with van der Waals surface area (Å²) in [5, 5.41) is 2.79. The quantitative estimate of drug-likeness (QED) is 0.763. The zero-order valence-corrected chi connectivity index (χ0v) is 15.7. The van der Waals surface area contributed by atoms with Crippen molar-refractivity contribution in [3.05, 3.63) is 66.2 Å². The molecule has 1 N–H and O–H groups in total. The number of carbonyl (C=O) groups excluding carboxylic acids is 3. The van der Waals surface area contributed by atoms with Crippen LogP contribution in [0.25, 0.3) is 0 Å². The zero-order chi connectivity index (χ0) is 19.8. The lowest BCUT2D eigenvalue weighted by Gasteiger charge is -2.29. The molecule has 0 bridgehead atoms. The largest absolute Gasteiger partial charge is 0.468 e. The number of ether oxygens (including phenoxy) is 1. The van der Waals surface area contributed by atoms with Crippen molar-refractivity contribution in [1.82, 2.24) is 5.32 Å². The van der Waals surface area contributed by atoms with Crippen molar-refractivity contribution in [2.24, 2.45) is 5.92 Å². The summed E-state index contributed by atoms with van der Waals surface area (Å²) in [6, 6.07) is 16.7. The van der Waals surface area contributed by atoms with E-state index in [4.69, 9.17) is 4.74 Å². The minimum atomic E-state index is -0.789. The number of nitrogens with zero attached hydrogens (tertiary/aromatic N) is 1. The number of nitrogens with one attached hydrogen (secondary N) is 1. The van der Waals surface area contributed by atoms with Gasteiger partial charge in [0.2, 0.25) is 5.91 Å². The summed E-state index contributed by atoms with van der Waals surface area (Å²) in [5.41, 5.74) is 1.03. The van der Waals surface area contributed by atoms with Crippen molar-refractivity contribution in [2.45, 2.75) is 19.9 Å². The molecule has 1 atom stereocenters. The molecule has 2 rings (SSSR count). The van der Waals surface area contributed by atoms with E-state index in [-0.39, 0.29) is 24.3 Å². The molecule has 6 heteroatoms. The molecule has 0 saturated heterocycles. The number of hydrogen-bond donors (Lipinski definition) is 1. The smallest absolute Gasteiger partial charge is 0.325 e. The van der Waals surface area contributed by atoms with E-state index in [1.54, 1.807) is 48.5 Å². The highest BCUT2D eigenvalue weighted by atomic mass is 16.5. The average Bonchev–Trinajstić information content (AvgIpc) is 2.70. The maximum atomic E-state index is 13.2. The summed E-state index contributed by atoms with van der Waals surface area (Å²) >= 11 is 0. The Morgan fingerprint density at radius 2 is 1.52 bits per heavy atom. The summed E-state index contributed by atoms with van der Waals surface area (Å²) in [7, 11) is 1.27. The standard InChI is InChI=1S/C21H24N2O4/c1-15(2)19(22-20(25)16-10-6-4-7-11-16)21(26)23(14-18(24)27-3)17-12-8-5-9-13-17/h4-13,15,19H,14H2,1-3H3,(H,22,25)/t19-/m0/s1. The highest BCUT2D eigenvalue weighted by Crippen LogP contribution is 2.17. The Morgan fingerprint density at radius 1 is 0.963 bits per heavy atom. The van der Waals surface area contributed by atoms with E-state index >= 15 is 0 Å². The topological polar surface area (TPSA) is 75.7 Å². The van der Waals surface area contributed by atoms with Gasteiger partial charge in [0, 0.05) is 11.3 Å². The fraction of sp³-hybridized carbons (Fsp3) is 0.286. The minimum Gasteiger partial charge on any atom is -0.468 e. The van der Waals surface area contributed by atoms with Crippen LogP contribution in [0.4, 0.5) is 5.69 Å². The Balaban J connectivity index is 2.28. The van der Waals surface area contributed by atoms with Crippen LogP contribution in [0.3, 0.4) is 0 Å². The molecule has 0 saturated carbocycles. The fourth-order valence-corrected chi connectivity index (χ4v) is 2.59.